The van der Waals surface area contributed by atoms with Crippen LogP contribution in [-0.4, -0.2) is 33.7 Å². The van der Waals surface area contributed by atoms with E-state index in [1.165, 1.54) is 5.56 Å². The molecule has 0 aliphatic carbocycles. The van der Waals surface area contributed by atoms with E-state index in [-0.39, 0.29) is 5.91 Å². The van der Waals surface area contributed by atoms with E-state index in [9.17, 15) is 4.79 Å². The quantitative estimate of drug-likeness (QED) is 0.815. The number of nitrogens with zero attached hydrogens (tertiary/aromatic N) is 3. The van der Waals surface area contributed by atoms with E-state index >= 15 is 0 Å². The number of hydrogen-bond donors (Lipinski definition) is 0. The predicted molar refractivity (Wildman–Crippen MR) is 91.7 cm³/mol. The molecule has 0 bridgehead atoms. The van der Waals surface area contributed by atoms with Crippen molar-refractivity contribution in [2.45, 2.75) is 19.3 Å². The van der Waals surface area contributed by atoms with Crippen molar-refractivity contribution in [2.24, 2.45) is 13.0 Å². The summed E-state index contributed by atoms with van der Waals surface area (Å²) in [7, 11) is 1.87. The molecule has 2 heterocycles. The summed E-state index contributed by atoms with van der Waals surface area (Å²) < 4.78 is 1.74. The van der Waals surface area contributed by atoms with E-state index < -0.39 is 0 Å². The molecule has 1 amide bonds. The van der Waals surface area contributed by atoms with Gasteiger partial charge in [-0.15, -0.1) is 0 Å². The van der Waals surface area contributed by atoms with Gasteiger partial charge in [0.2, 0.25) is 5.91 Å². The molecule has 1 aromatic heterocycles. The molecule has 0 spiro atoms. The van der Waals surface area contributed by atoms with Gasteiger partial charge < -0.3 is 4.90 Å². The summed E-state index contributed by atoms with van der Waals surface area (Å²) >= 11 is 0. The molecule has 1 fully saturated rings. The molecule has 0 N–H and O–H groups in total. The zero-order valence-electron chi connectivity index (χ0n) is 13.6. The van der Waals surface area contributed by atoms with Crippen molar-refractivity contribution in [3.8, 4) is 0 Å². The van der Waals surface area contributed by atoms with Crippen LogP contribution >= 0.6 is 0 Å². The zero-order chi connectivity index (χ0) is 16.1. The van der Waals surface area contributed by atoms with Crippen molar-refractivity contribution >= 4 is 12.0 Å². The smallest absolute Gasteiger partial charge is 0.246 e. The monoisotopic (exact) mass is 309 g/mol. The van der Waals surface area contributed by atoms with Gasteiger partial charge in [-0.1, -0.05) is 30.3 Å². The van der Waals surface area contributed by atoms with E-state index in [0.717, 1.165) is 37.9 Å². The second-order valence-corrected chi connectivity index (χ2v) is 6.24. The van der Waals surface area contributed by atoms with Gasteiger partial charge in [0.1, 0.15) is 0 Å². The Morgan fingerprint density at radius 3 is 2.65 bits per heavy atom. The summed E-state index contributed by atoms with van der Waals surface area (Å²) in [6, 6.07) is 10.6. The molecule has 23 heavy (non-hydrogen) atoms. The summed E-state index contributed by atoms with van der Waals surface area (Å²) in [5.74, 6) is 0.788. The SMILES string of the molecule is Cn1cc(C=CC(=O)N2CCC(Cc3ccccc3)CC2)cn1. The molecular formula is C19H23N3O. The maximum Gasteiger partial charge on any atom is 0.246 e. The fourth-order valence-corrected chi connectivity index (χ4v) is 3.10. The molecule has 1 aliphatic heterocycles. The maximum atomic E-state index is 12.3. The van der Waals surface area contributed by atoms with Gasteiger partial charge in [-0.25, -0.2) is 0 Å². The molecule has 2 aromatic rings. The molecule has 1 aliphatic rings. The second kappa shape index (κ2) is 7.27. The third kappa shape index (κ3) is 4.31. The largest absolute Gasteiger partial charge is 0.339 e. The molecule has 4 nitrogen and oxygen atoms in total. The van der Waals surface area contributed by atoms with Crippen molar-refractivity contribution < 1.29 is 4.79 Å². The Labute approximate surface area is 137 Å². The molecular weight excluding hydrogens is 286 g/mol. The van der Waals surface area contributed by atoms with Crippen LogP contribution in [0.15, 0.2) is 48.8 Å². The zero-order valence-corrected chi connectivity index (χ0v) is 13.6. The number of amides is 1. The summed E-state index contributed by atoms with van der Waals surface area (Å²) in [5, 5.41) is 4.10. The first kappa shape index (κ1) is 15.5. The molecule has 0 radical (unpaired) electrons. The highest BCUT2D eigenvalue weighted by Crippen LogP contribution is 2.21. The number of hydrogen-bond acceptors (Lipinski definition) is 2. The third-order valence-electron chi connectivity index (χ3n) is 4.44. The summed E-state index contributed by atoms with van der Waals surface area (Å²) in [4.78, 5) is 14.2. The molecule has 0 unspecified atom stereocenters. The lowest BCUT2D eigenvalue weighted by Crippen LogP contribution is -2.37. The van der Waals surface area contributed by atoms with Crippen LogP contribution in [0.2, 0.25) is 0 Å². The summed E-state index contributed by atoms with van der Waals surface area (Å²) in [6.45, 7) is 1.71. The Balaban J connectivity index is 1.48. The van der Waals surface area contributed by atoms with Gasteiger partial charge in [-0.2, -0.15) is 5.10 Å². The minimum absolute atomic E-state index is 0.104. The van der Waals surface area contributed by atoms with Gasteiger partial charge in [-0.05, 0) is 36.8 Å². The average molecular weight is 309 g/mol. The van der Waals surface area contributed by atoms with E-state index in [1.54, 1.807) is 17.0 Å². The van der Waals surface area contributed by atoms with Gasteiger partial charge in [0.25, 0.3) is 0 Å². The van der Waals surface area contributed by atoms with Crippen LogP contribution in [-0.2, 0) is 18.3 Å². The molecule has 0 atom stereocenters. The van der Waals surface area contributed by atoms with Crippen LogP contribution in [0.5, 0.6) is 0 Å². The topological polar surface area (TPSA) is 38.1 Å². The normalized spacial score (nSPS) is 16.1. The van der Waals surface area contributed by atoms with Crippen molar-refractivity contribution in [3.05, 3.63) is 59.9 Å². The standard InChI is InChI=1S/C19H23N3O/c1-21-15-18(14-20-21)7-8-19(23)22-11-9-17(10-12-22)13-16-5-3-2-4-6-16/h2-8,14-15,17H,9-13H2,1H3. The lowest BCUT2D eigenvalue weighted by molar-refractivity contribution is -0.127. The van der Waals surface area contributed by atoms with Crippen molar-refractivity contribution in [3.63, 3.8) is 0 Å². The van der Waals surface area contributed by atoms with Crippen LogP contribution in [0.4, 0.5) is 0 Å². The lowest BCUT2D eigenvalue weighted by Gasteiger charge is -2.31. The number of carbonyl (C=O) groups excluding carboxylic acids is 1. The third-order valence-corrected chi connectivity index (χ3v) is 4.44. The first-order valence-electron chi connectivity index (χ1n) is 8.20. The number of benzene rings is 1. The van der Waals surface area contributed by atoms with E-state index in [0.29, 0.717) is 5.92 Å². The molecule has 0 saturated carbocycles. The Bertz CT molecular complexity index is 667. The van der Waals surface area contributed by atoms with Gasteiger partial charge in [0.05, 0.1) is 6.20 Å². The van der Waals surface area contributed by atoms with Crippen LogP contribution in [0, 0.1) is 5.92 Å². The fraction of sp³-hybridized carbons (Fsp3) is 0.368. The van der Waals surface area contributed by atoms with Crippen molar-refractivity contribution in [2.75, 3.05) is 13.1 Å². The Hall–Kier alpha value is -2.36. The first-order chi connectivity index (χ1) is 11.2. The lowest BCUT2D eigenvalue weighted by atomic mass is 9.90. The fourth-order valence-electron chi connectivity index (χ4n) is 3.10. The molecule has 120 valence electrons. The van der Waals surface area contributed by atoms with E-state index in [1.807, 2.05) is 24.2 Å². The Morgan fingerprint density at radius 2 is 2.00 bits per heavy atom. The number of aromatic nitrogens is 2. The number of likely N-dealkylation sites (tertiary alicyclic amines) is 1. The maximum absolute atomic E-state index is 12.3. The van der Waals surface area contributed by atoms with Gasteiger partial charge >= 0.3 is 0 Å². The first-order valence-corrected chi connectivity index (χ1v) is 8.20. The van der Waals surface area contributed by atoms with Gasteiger partial charge in [-0.3, -0.25) is 9.48 Å². The van der Waals surface area contributed by atoms with Gasteiger partial charge in [0.15, 0.2) is 0 Å². The van der Waals surface area contributed by atoms with Crippen molar-refractivity contribution in [1.82, 2.24) is 14.7 Å². The second-order valence-electron chi connectivity index (χ2n) is 6.24. The van der Waals surface area contributed by atoms with Gasteiger partial charge in [0, 0.05) is 38.0 Å². The highest BCUT2D eigenvalue weighted by atomic mass is 16.2. The number of carbonyl (C=O) groups is 1. The van der Waals surface area contributed by atoms with E-state index in [4.69, 9.17) is 0 Å². The molecule has 4 heteroatoms. The van der Waals surface area contributed by atoms with Crippen molar-refractivity contribution in [1.29, 1.82) is 0 Å². The highest BCUT2D eigenvalue weighted by Gasteiger charge is 2.21. The van der Waals surface area contributed by atoms with Crippen LogP contribution in [0.25, 0.3) is 6.08 Å². The number of rotatable bonds is 4. The Morgan fingerprint density at radius 1 is 1.26 bits per heavy atom. The Kier molecular flexibility index (Phi) is 4.91. The molecule has 3 rings (SSSR count). The van der Waals surface area contributed by atoms with Crippen LogP contribution < -0.4 is 0 Å². The highest BCUT2D eigenvalue weighted by molar-refractivity contribution is 5.91. The van der Waals surface area contributed by atoms with Crippen LogP contribution in [0.1, 0.15) is 24.0 Å². The van der Waals surface area contributed by atoms with E-state index in [2.05, 4.69) is 35.4 Å². The van der Waals surface area contributed by atoms with Crippen LogP contribution in [0.3, 0.4) is 0 Å². The average Bonchev–Trinajstić information content (AvgIpc) is 3.00. The molecule has 1 aromatic carbocycles. The summed E-state index contributed by atoms with van der Waals surface area (Å²) in [6.07, 6.45) is 10.4. The minimum Gasteiger partial charge on any atom is -0.339 e. The summed E-state index contributed by atoms with van der Waals surface area (Å²) in [5.41, 5.74) is 2.36. The number of piperidine rings is 1. The predicted octanol–water partition coefficient (Wildman–Crippen LogP) is 2.91. The minimum atomic E-state index is 0.104. The number of aryl methyl sites for hydroxylation is 1. The molecule has 1 saturated heterocycles.